The number of nitrogens with zero attached hydrogens (tertiary/aromatic N) is 3. The van der Waals surface area contributed by atoms with Crippen molar-refractivity contribution in [3.8, 4) is 0 Å². The summed E-state index contributed by atoms with van der Waals surface area (Å²) in [4.78, 5) is 37.6. The van der Waals surface area contributed by atoms with Gasteiger partial charge >= 0.3 is 5.69 Å². The van der Waals surface area contributed by atoms with Crippen LogP contribution in [0.1, 0.15) is 6.92 Å². The second-order valence-corrected chi connectivity index (χ2v) is 3.36. The number of carboxylic acids is 1. The molecule has 0 atom stereocenters. The fraction of sp³-hybridized carbons (Fsp3) is 0.333. The Hall–Kier alpha value is -2.38. The third kappa shape index (κ3) is 2.60. The molecule has 0 saturated heterocycles. The summed E-state index contributed by atoms with van der Waals surface area (Å²) in [6, 6.07) is 0. The van der Waals surface area contributed by atoms with Crippen LogP contribution < -0.4 is 11.2 Å². The highest BCUT2D eigenvalue weighted by Gasteiger charge is 2.08. The number of aromatic nitrogens is 4. The van der Waals surface area contributed by atoms with Gasteiger partial charge in [0, 0.05) is 21.0 Å². The van der Waals surface area contributed by atoms with Gasteiger partial charge in [0.05, 0.1) is 6.33 Å². The van der Waals surface area contributed by atoms with Crippen LogP contribution in [-0.4, -0.2) is 30.2 Å². The molecular formula is C9H12N4O4. The Morgan fingerprint density at radius 2 is 1.94 bits per heavy atom. The molecule has 0 spiro atoms. The van der Waals surface area contributed by atoms with E-state index < -0.39 is 17.2 Å². The third-order valence-corrected chi connectivity index (χ3v) is 1.98. The fourth-order valence-electron chi connectivity index (χ4n) is 1.26. The van der Waals surface area contributed by atoms with Crippen LogP contribution in [0.25, 0.3) is 11.2 Å². The van der Waals surface area contributed by atoms with Crippen molar-refractivity contribution in [2.75, 3.05) is 0 Å². The lowest BCUT2D eigenvalue weighted by Gasteiger charge is -1.97. The molecule has 0 fully saturated rings. The third-order valence-electron chi connectivity index (χ3n) is 1.98. The maximum absolute atomic E-state index is 11.3. The normalized spacial score (nSPS) is 9.82. The number of aliphatic carboxylic acids is 1. The molecule has 2 N–H and O–H groups in total. The van der Waals surface area contributed by atoms with E-state index in [9.17, 15) is 9.59 Å². The van der Waals surface area contributed by atoms with E-state index in [4.69, 9.17) is 9.90 Å². The number of hydrogen-bond donors (Lipinski definition) is 2. The van der Waals surface area contributed by atoms with E-state index in [0.29, 0.717) is 11.2 Å². The number of imidazole rings is 1. The zero-order valence-electron chi connectivity index (χ0n) is 9.59. The SMILES string of the molecule is CC(=O)O.Cn1cnc2c1c(=O)[nH]c(=O)n2C. The standard InChI is InChI=1S/C7H8N4O2.C2H4O2/c1-10-3-8-5-4(10)6(12)9-7(13)11(5)2;1-2(3)4/h3H,1-2H3,(H,9,12,13);1H3,(H,3,4). The van der Waals surface area contributed by atoms with E-state index in [0.717, 1.165) is 6.92 Å². The Balaban J connectivity index is 0.000000317. The van der Waals surface area contributed by atoms with Gasteiger partial charge in [-0.15, -0.1) is 0 Å². The summed E-state index contributed by atoms with van der Waals surface area (Å²) in [5.74, 6) is -0.833. The molecule has 92 valence electrons. The number of aryl methyl sites for hydroxylation is 2. The van der Waals surface area contributed by atoms with Crippen molar-refractivity contribution in [2.24, 2.45) is 14.1 Å². The molecular weight excluding hydrogens is 228 g/mol. The first-order chi connectivity index (χ1) is 7.84. The minimum Gasteiger partial charge on any atom is -0.481 e. The Morgan fingerprint density at radius 3 is 2.47 bits per heavy atom. The van der Waals surface area contributed by atoms with E-state index >= 15 is 0 Å². The molecule has 0 unspecified atom stereocenters. The fourth-order valence-corrected chi connectivity index (χ4v) is 1.26. The molecule has 0 aromatic carbocycles. The molecule has 0 amide bonds. The summed E-state index contributed by atoms with van der Waals surface area (Å²) in [5.41, 5.74) is -0.0485. The molecule has 2 aromatic rings. The Bertz CT molecular complexity index is 660. The quantitative estimate of drug-likeness (QED) is 0.617. The highest BCUT2D eigenvalue weighted by molar-refractivity contribution is 5.69. The molecule has 2 rings (SSSR count). The summed E-state index contributed by atoms with van der Waals surface area (Å²) < 4.78 is 2.88. The van der Waals surface area contributed by atoms with Gasteiger partial charge in [-0.3, -0.25) is 19.1 Å². The lowest BCUT2D eigenvalue weighted by atomic mass is 10.5. The number of carboxylic acid groups (broad SMARTS) is 1. The zero-order chi connectivity index (χ0) is 13.2. The van der Waals surface area contributed by atoms with Crippen LogP contribution in [0.2, 0.25) is 0 Å². The van der Waals surface area contributed by atoms with Crippen molar-refractivity contribution in [2.45, 2.75) is 6.92 Å². The number of H-pyrrole nitrogens is 1. The average Bonchev–Trinajstić information content (AvgIpc) is 2.56. The van der Waals surface area contributed by atoms with Crippen LogP contribution in [0, 0.1) is 0 Å². The van der Waals surface area contributed by atoms with E-state index in [1.165, 1.54) is 10.9 Å². The van der Waals surface area contributed by atoms with Gasteiger partial charge < -0.3 is 9.67 Å². The van der Waals surface area contributed by atoms with Gasteiger partial charge in [-0.1, -0.05) is 0 Å². The van der Waals surface area contributed by atoms with Gasteiger partial charge in [0.1, 0.15) is 0 Å². The first kappa shape index (κ1) is 12.7. The van der Waals surface area contributed by atoms with Crippen molar-refractivity contribution in [1.29, 1.82) is 0 Å². The van der Waals surface area contributed by atoms with E-state index in [2.05, 4.69) is 9.97 Å². The van der Waals surface area contributed by atoms with Crippen LogP contribution >= 0.6 is 0 Å². The summed E-state index contributed by atoms with van der Waals surface area (Å²) in [6.45, 7) is 1.08. The average molecular weight is 240 g/mol. The number of carbonyl (C=O) groups is 1. The summed E-state index contributed by atoms with van der Waals surface area (Å²) in [5, 5.41) is 7.42. The predicted molar refractivity (Wildman–Crippen MR) is 59.9 cm³/mol. The summed E-state index contributed by atoms with van der Waals surface area (Å²) >= 11 is 0. The highest BCUT2D eigenvalue weighted by atomic mass is 16.4. The van der Waals surface area contributed by atoms with Crippen LogP contribution in [0.5, 0.6) is 0 Å². The number of hydrogen-bond acceptors (Lipinski definition) is 4. The maximum Gasteiger partial charge on any atom is 0.329 e. The van der Waals surface area contributed by atoms with Gasteiger partial charge in [-0.25, -0.2) is 9.78 Å². The van der Waals surface area contributed by atoms with Crippen molar-refractivity contribution >= 4 is 17.1 Å². The monoisotopic (exact) mass is 240 g/mol. The second kappa shape index (κ2) is 4.64. The predicted octanol–water partition coefficient (Wildman–Crippen LogP) is -0.949. The molecule has 0 bridgehead atoms. The smallest absolute Gasteiger partial charge is 0.329 e. The molecule has 0 aliphatic carbocycles. The maximum atomic E-state index is 11.3. The number of fused-ring (bicyclic) bond motifs is 1. The minimum atomic E-state index is -0.833. The van der Waals surface area contributed by atoms with E-state index in [1.54, 1.807) is 18.7 Å². The highest BCUT2D eigenvalue weighted by Crippen LogP contribution is 2.00. The van der Waals surface area contributed by atoms with Gasteiger partial charge in [-0.2, -0.15) is 0 Å². The van der Waals surface area contributed by atoms with Crippen molar-refractivity contribution in [3.05, 3.63) is 27.2 Å². The molecule has 0 aliphatic rings. The lowest BCUT2D eigenvalue weighted by molar-refractivity contribution is -0.134. The summed E-state index contributed by atoms with van der Waals surface area (Å²) in [7, 11) is 3.27. The van der Waals surface area contributed by atoms with E-state index in [-0.39, 0.29) is 0 Å². The largest absolute Gasteiger partial charge is 0.481 e. The van der Waals surface area contributed by atoms with Crippen molar-refractivity contribution < 1.29 is 9.90 Å². The van der Waals surface area contributed by atoms with Crippen LogP contribution in [0.4, 0.5) is 0 Å². The molecule has 8 nitrogen and oxygen atoms in total. The Kier molecular flexibility index (Phi) is 3.46. The first-order valence-corrected chi connectivity index (χ1v) is 4.64. The number of aromatic amines is 1. The van der Waals surface area contributed by atoms with Crippen molar-refractivity contribution in [3.63, 3.8) is 0 Å². The first-order valence-electron chi connectivity index (χ1n) is 4.64. The molecule has 2 aromatic heterocycles. The van der Waals surface area contributed by atoms with Gasteiger partial charge in [0.2, 0.25) is 0 Å². The minimum absolute atomic E-state index is 0.399. The Labute approximate surface area is 95.1 Å². The van der Waals surface area contributed by atoms with Gasteiger partial charge in [0.25, 0.3) is 11.5 Å². The Morgan fingerprint density at radius 1 is 1.41 bits per heavy atom. The molecule has 0 aliphatic heterocycles. The zero-order valence-corrected chi connectivity index (χ0v) is 9.59. The summed E-state index contributed by atoms with van der Waals surface area (Å²) in [6.07, 6.45) is 1.50. The second-order valence-electron chi connectivity index (χ2n) is 3.36. The molecule has 2 heterocycles. The van der Waals surface area contributed by atoms with Gasteiger partial charge in [-0.05, 0) is 0 Å². The van der Waals surface area contributed by atoms with Crippen LogP contribution in [-0.2, 0) is 18.9 Å². The molecule has 0 saturated carbocycles. The van der Waals surface area contributed by atoms with Gasteiger partial charge in [0.15, 0.2) is 11.2 Å². The number of rotatable bonds is 0. The topological polar surface area (TPSA) is 110 Å². The lowest BCUT2D eigenvalue weighted by Crippen LogP contribution is -2.28. The van der Waals surface area contributed by atoms with Crippen LogP contribution in [0.15, 0.2) is 15.9 Å². The van der Waals surface area contributed by atoms with Crippen LogP contribution in [0.3, 0.4) is 0 Å². The number of nitrogens with one attached hydrogen (secondary N) is 1. The van der Waals surface area contributed by atoms with E-state index in [1.807, 2.05) is 0 Å². The molecule has 8 heteroatoms. The molecule has 0 radical (unpaired) electrons. The van der Waals surface area contributed by atoms with Crippen molar-refractivity contribution in [1.82, 2.24) is 19.1 Å². The molecule has 17 heavy (non-hydrogen) atoms.